The summed E-state index contributed by atoms with van der Waals surface area (Å²) < 4.78 is 68.7. The molecule has 2 aliphatic heterocycles. The Kier molecular flexibility index (Phi) is 22.8. The Morgan fingerprint density at radius 1 is 0.508 bits per heavy atom. The molecule has 21 heteroatoms. The second-order valence-electron chi connectivity index (χ2n) is 13.6. The SMILES string of the molecule is CC(C)(C)OC(=O)CCOCCOCCOCCN1C(=O)c2ccccc2C1=O.O=C(O)C(F)(F)F.O=C(O)CCOCCOCCOCCN1C(=O)c2ccccc2C1=O. The van der Waals surface area contributed by atoms with Gasteiger partial charge in [-0.1, -0.05) is 24.3 Å². The highest BCUT2D eigenvalue weighted by molar-refractivity contribution is 6.22. The van der Waals surface area contributed by atoms with Crippen LogP contribution in [0.2, 0.25) is 0 Å². The number of imide groups is 2. The van der Waals surface area contributed by atoms with Crippen molar-refractivity contribution in [3.05, 3.63) is 70.8 Å². The van der Waals surface area contributed by atoms with E-state index in [0.29, 0.717) is 75.1 Å². The minimum Gasteiger partial charge on any atom is -0.481 e. The first-order valence-electron chi connectivity index (χ1n) is 19.0. The zero-order valence-electron chi connectivity index (χ0n) is 34.1. The molecule has 2 aromatic rings. The predicted octanol–water partition coefficient (Wildman–Crippen LogP) is 3.50. The van der Waals surface area contributed by atoms with Crippen LogP contribution in [0.1, 0.15) is 75.0 Å². The van der Waals surface area contributed by atoms with Gasteiger partial charge in [-0.2, -0.15) is 13.2 Å². The van der Waals surface area contributed by atoms with E-state index in [1.54, 1.807) is 48.5 Å². The van der Waals surface area contributed by atoms with Gasteiger partial charge in [0.15, 0.2) is 0 Å². The van der Waals surface area contributed by atoms with Gasteiger partial charge in [0, 0.05) is 0 Å². The standard InChI is InChI=1S/C21H29NO7.C17H21NO7.C2HF3O2/c1-21(2,3)29-18(23)8-10-26-12-14-28-15-13-27-11-9-22-19(24)16-6-4-5-7-17(16)20(22)25;19-15(20)5-7-23-9-11-25-12-10-24-8-6-18-16(21)13-3-1-2-4-14(13)17(18)22;3-2(4,5)1(6)7/h4-7H,8-15H2,1-3H3;1-4H,5-12H2,(H,19,20);(H,6,7). The van der Waals surface area contributed by atoms with Gasteiger partial charge in [-0.25, -0.2) is 4.79 Å². The van der Waals surface area contributed by atoms with Gasteiger partial charge in [0.05, 0.1) is 127 Å². The molecule has 0 saturated heterocycles. The van der Waals surface area contributed by atoms with Crippen molar-refractivity contribution in [1.29, 1.82) is 0 Å². The lowest BCUT2D eigenvalue weighted by atomic mass is 10.1. The van der Waals surface area contributed by atoms with Gasteiger partial charge in [0.2, 0.25) is 0 Å². The van der Waals surface area contributed by atoms with Gasteiger partial charge in [-0.05, 0) is 45.0 Å². The average Bonchev–Trinajstić information content (AvgIpc) is 3.58. The second kappa shape index (κ2) is 26.8. The number of ether oxygens (including phenoxy) is 7. The molecule has 0 atom stereocenters. The van der Waals surface area contributed by atoms with Crippen molar-refractivity contribution in [2.75, 3.05) is 92.4 Å². The highest BCUT2D eigenvalue weighted by Gasteiger charge is 2.38. The summed E-state index contributed by atoms with van der Waals surface area (Å²) in [5.41, 5.74) is 1.25. The maximum atomic E-state index is 12.2. The summed E-state index contributed by atoms with van der Waals surface area (Å²) in [4.78, 5) is 81.6. The number of rotatable bonds is 24. The number of amides is 4. The highest BCUT2D eigenvalue weighted by Crippen LogP contribution is 2.23. The monoisotopic (exact) mass is 872 g/mol. The van der Waals surface area contributed by atoms with Gasteiger partial charge < -0.3 is 43.4 Å². The first-order valence-corrected chi connectivity index (χ1v) is 19.0. The molecule has 18 nitrogen and oxygen atoms in total. The first kappa shape index (κ1) is 51.8. The smallest absolute Gasteiger partial charge is 0.481 e. The molecule has 0 unspecified atom stereocenters. The highest BCUT2D eigenvalue weighted by atomic mass is 19.4. The molecular formula is C40H51F3N2O16. The van der Waals surface area contributed by atoms with Gasteiger partial charge in [0.25, 0.3) is 23.6 Å². The summed E-state index contributed by atoms with van der Waals surface area (Å²) in [6.45, 7) is 9.64. The molecule has 4 amide bonds. The number of alkyl halides is 3. The topological polar surface area (TPSA) is 231 Å². The normalized spacial score (nSPS) is 13.3. The van der Waals surface area contributed by atoms with Gasteiger partial charge >= 0.3 is 24.1 Å². The number of esters is 1. The van der Waals surface area contributed by atoms with Crippen molar-refractivity contribution in [1.82, 2.24) is 9.80 Å². The largest absolute Gasteiger partial charge is 0.490 e. The molecule has 2 N–H and O–H groups in total. The molecule has 4 rings (SSSR count). The van der Waals surface area contributed by atoms with E-state index >= 15 is 0 Å². The van der Waals surface area contributed by atoms with E-state index in [2.05, 4.69) is 0 Å². The van der Waals surface area contributed by atoms with E-state index in [-0.39, 0.29) is 82.0 Å². The summed E-state index contributed by atoms with van der Waals surface area (Å²) in [6.07, 6.45) is -4.90. The van der Waals surface area contributed by atoms with Crippen LogP contribution in [0.3, 0.4) is 0 Å². The third kappa shape index (κ3) is 19.7. The predicted molar refractivity (Wildman–Crippen MR) is 205 cm³/mol. The quantitative estimate of drug-likeness (QED) is 0.0873. The van der Waals surface area contributed by atoms with Crippen LogP contribution >= 0.6 is 0 Å². The number of aliphatic carboxylic acids is 2. The molecule has 2 aliphatic rings. The van der Waals surface area contributed by atoms with Crippen molar-refractivity contribution < 1.29 is 90.1 Å². The number of hydrogen-bond donors (Lipinski definition) is 2. The number of benzene rings is 2. The van der Waals surface area contributed by atoms with Crippen LogP contribution in [0.15, 0.2) is 48.5 Å². The number of carbonyl (C=O) groups is 7. The fourth-order valence-corrected chi connectivity index (χ4v) is 4.99. The number of carbonyl (C=O) groups excluding carboxylic acids is 5. The van der Waals surface area contributed by atoms with E-state index in [1.165, 1.54) is 9.80 Å². The lowest BCUT2D eigenvalue weighted by Gasteiger charge is -2.19. The Morgan fingerprint density at radius 3 is 1.07 bits per heavy atom. The third-order valence-electron chi connectivity index (χ3n) is 7.74. The molecule has 0 radical (unpaired) electrons. The van der Waals surface area contributed by atoms with Crippen LogP contribution in [-0.4, -0.2) is 166 Å². The molecule has 338 valence electrons. The maximum Gasteiger partial charge on any atom is 0.490 e. The van der Waals surface area contributed by atoms with Crippen molar-refractivity contribution in [3.63, 3.8) is 0 Å². The van der Waals surface area contributed by atoms with Crippen molar-refractivity contribution in [2.24, 2.45) is 0 Å². The van der Waals surface area contributed by atoms with E-state index in [0.717, 1.165) is 0 Å². The summed E-state index contributed by atoms with van der Waals surface area (Å²) in [6, 6.07) is 13.5. The minimum absolute atomic E-state index is 0.0269. The zero-order chi connectivity index (χ0) is 45.4. The van der Waals surface area contributed by atoms with E-state index in [1.807, 2.05) is 20.8 Å². The van der Waals surface area contributed by atoms with Crippen LogP contribution in [0, 0.1) is 0 Å². The van der Waals surface area contributed by atoms with Crippen LogP contribution < -0.4 is 0 Å². The summed E-state index contributed by atoms with van der Waals surface area (Å²) in [5.74, 6) is -5.09. The first-order chi connectivity index (χ1) is 28.8. The average molecular weight is 873 g/mol. The minimum atomic E-state index is -5.08. The van der Waals surface area contributed by atoms with Gasteiger partial charge in [0.1, 0.15) is 5.60 Å². The number of fused-ring (bicyclic) bond motifs is 2. The number of carboxylic acids is 2. The van der Waals surface area contributed by atoms with Crippen molar-refractivity contribution >= 4 is 41.5 Å². The number of hydrogen-bond acceptors (Lipinski definition) is 14. The summed E-state index contributed by atoms with van der Waals surface area (Å²) in [7, 11) is 0. The second-order valence-corrected chi connectivity index (χ2v) is 13.6. The lowest BCUT2D eigenvalue weighted by molar-refractivity contribution is -0.192. The van der Waals surface area contributed by atoms with Gasteiger partial charge in [-0.15, -0.1) is 0 Å². The molecule has 0 saturated carbocycles. The van der Waals surface area contributed by atoms with Crippen LogP contribution in [0.25, 0.3) is 0 Å². The fraction of sp³-hybridized carbons (Fsp3) is 0.525. The summed E-state index contributed by atoms with van der Waals surface area (Å²) in [5, 5.41) is 15.6. The Morgan fingerprint density at radius 2 is 0.787 bits per heavy atom. The Hall–Kier alpha value is -5.32. The Bertz CT molecular complexity index is 1700. The molecule has 0 bridgehead atoms. The fourth-order valence-electron chi connectivity index (χ4n) is 4.99. The third-order valence-corrected chi connectivity index (χ3v) is 7.74. The number of halogens is 3. The molecule has 0 fully saturated rings. The van der Waals surface area contributed by atoms with Crippen LogP contribution in [-0.2, 0) is 47.5 Å². The Balaban J connectivity index is 0.000000366. The molecule has 0 spiro atoms. The van der Waals surface area contributed by atoms with E-state index < -0.39 is 23.7 Å². The van der Waals surface area contributed by atoms with Crippen LogP contribution in [0.5, 0.6) is 0 Å². The van der Waals surface area contributed by atoms with Crippen molar-refractivity contribution in [2.45, 2.75) is 45.4 Å². The number of nitrogens with zero attached hydrogens (tertiary/aromatic N) is 2. The Labute approximate surface area is 349 Å². The zero-order valence-corrected chi connectivity index (χ0v) is 34.1. The van der Waals surface area contributed by atoms with Gasteiger partial charge in [-0.3, -0.25) is 38.6 Å². The lowest BCUT2D eigenvalue weighted by Crippen LogP contribution is -2.33. The molecule has 61 heavy (non-hydrogen) atoms. The van der Waals surface area contributed by atoms with Crippen molar-refractivity contribution in [3.8, 4) is 0 Å². The maximum absolute atomic E-state index is 12.2. The summed E-state index contributed by atoms with van der Waals surface area (Å²) >= 11 is 0. The van der Waals surface area contributed by atoms with Crippen LogP contribution in [0.4, 0.5) is 13.2 Å². The molecule has 0 aliphatic carbocycles. The van der Waals surface area contributed by atoms with E-state index in [9.17, 15) is 41.9 Å². The number of carboxylic acid groups (broad SMARTS) is 2. The molecule has 2 heterocycles. The molecule has 0 aromatic heterocycles. The molecule has 2 aromatic carbocycles. The van der Waals surface area contributed by atoms with E-state index in [4.69, 9.17) is 48.2 Å². The molecular weight excluding hydrogens is 821 g/mol.